The van der Waals surface area contributed by atoms with Crippen molar-refractivity contribution in [1.29, 1.82) is 0 Å². The highest BCUT2D eigenvalue weighted by atomic mass is 16.4. The molecule has 2 fully saturated rings. The molecule has 33 heavy (non-hydrogen) atoms. The minimum absolute atomic E-state index is 0.161. The lowest BCUT2D eigenvalue weighted by molar-refractivity contribution is 0.0986. The van der Waals surface area contributed by atoms with Crippen LogP contribution in [0.15, 0.2) is 45.9 Å². The number of aliphatic hydroxyl groups excluding tert-OH is 1. The Hall–Kier alpha value is -3.23. The fourth-order valence-corrected chi connectivity index (χ4v) is 5.32. The average Bonchev–Trinajstić information content (AvgIpc) is 3.52. The van der Waals surface area contributed by atoms with Gasteiger partial charge >= 0.3 is 5.63 Å². The van der Waals surface area contributed by atoms with Crippen LogP contribution in [0, 0.1) is 13.8 Å². The number of nitrogens with zero attached hydrogens (tertiary/aromatic N) is 5. The summed E-state index contributed by atoms with van der Waals surface area (Å²) in [5.41, 5.74) is 4.52. The van der Waals surface area contributed by atoms with Gasteiger partial charge in [-0.1, -0.05) is 0 Å². The number of benzene rings is 1. The Morgan fingerprint density at radius 1 is 1.06 bits per heavy atom. The first-order chi connectivity index (χ1) is 16.0. The lowest BCUT2D eigenvalue weighted by Crippen LogP contribution is -2.41. The van der Waals surface area contributed by atoms with Gasteiger partial charge in [0.05, 0.1) is 34.8 Å². The summed E-state index contributed by atoms with van der Waals surface area (Å²) in [7, 11) is 0. The first kappa shape index (κ1) is 20.4. The molecule has 0 amide bonds. The monoisotopic (exact) mass is 445 g/mol. The van der Waals surface area contributed by atoms with E-state index in [4.69, 9.17) is 4.42 Å². The fraction of sp³-hybridized carbons (Fsp3) is 0.400. The van der Waals surface area contributed by atoms with Crippen LogP contribution in [0.25, 0.3) is 27.9 Å². The van der Waals surface area contributed by atoms with Crippen molar-refractivity contribution in [2.75, 3.05) is 31.1 Å². The smallest absolute Gasteiger partial charge is 0.345 e. The molecule has 2 aliphatic rings. The molecule has 0 bridgehead atoms. The fourth-order valence-electron chi connectivity index (χ4n) is 5.32. The van der Waals surface area contributed by atoms with E-state index in [0.717, 1.165) is 47.7 Å². The Bertz CT molecular complexity index is 1420. The highest BCUT2D eigenvalue weighted by Gasteiger charge is 2.36. The molecule has 0 saturated carbocycles. The number of hydrogen-bond acceptors (Lipinski definition) is 7. The molecule has 1 aromatic carbocycles. The lowest BCUT2D eigenvalue weighted by atomic mass is 10.1. The van der Waals surface area contributed by atoms with Crippen molar-refractivity contribution in [2.45, 2.75) is 38.8 Å². The maximum Gasteiger partial charge on any atom is 0.345 e. The normalized spacial score (nSPS) is 21.6. The standard InChI is InChI=1S/C25H27N5O3/c1-15-11-30-12-20(27-24(30)16(2)26-15)19-9-17-5-6-18(10-23(17)33-25(19)32)29-13-21(22(31)14-29)28-7-3-4-8-28/h5-6,9-12,21-22,31H,3-4,7-8,13-14H2,1-2H3/t21-,22-/m0/s1. The SMILES string of the molecule is Cc1cn2cc(-c3cc4ccc(N5C[C@H](O)[C@@H](N6CCCC6)C5)cc4oc3=O)nc2c(C)n1. The molecule has 3 aromatic heterocycles. The van der Waals surface area contributed by atoms with Crippen molar-refractivity contribution in [2.24, 2.45) is 0 Å². The van der Waals surface area contributed by atoms with Crippen LogP contribution in [0.3, 0.4) is 0 Å². The Morgan fingerprint density at radius 2 is 1.88 bits per heavy atom. The van der Waals surface area contributed by atoms with E-state index in [2.05, 4.69) is 19.8 Å². The van der Waals surface area contributed by atoms with Crippen LogP contribution in [0.2, 0.25) is 0 Å². The number of hydrogen-bond donors (Lipinski definition) is 1. The van der Waals surface area contributed by atoms with Crippen LogP contribution in [-0.4, -0.2) is 62.7 Å². The third kappa shape index (κ3) is 3.50. The van der Waals surface area contributed by atoms with Crippen LogP contribution >= 0.6 is 0 Å². The summed E-state index contributed by atoms with van der Waals surface area (Å²) in [6.45, 7) is 7.33. The number of aromatic nitrogens is 3. The van der Waals surface area contributed by atoms with Gasteiger partial charge in [-0.15, -0.1) is 0 Å². The van der Waals surface area contributed by atoms with E-state index >= 15 is 0 Å². The van der Waals surface area contributed by atoms with Gasteiger partial charge in [-0.25, -0.2) is 9.78 Å². The summed E-state index contributed by atoms with van der Waals surface area (Å²) in [5, 5.41) is 11.5. The molecule has 0 aliphatic carbocycles. The van der Waals surface area contributed by atoms with Crippen LogP contribution < -0.4 is 10.5 Å². The third-order valence-electron chi connectivity index (χ3n) is 6.96. The molecule has 4 aromatic rings. The maximum atomic E-state index is 12.9. The van der Waals surface area contributed by atoms with Crippen LogP contribution in [0.5, 0.6) is 0 Å². The predicted molar refractivity (Wildman–Crippen MR) is 127 cm³/mol. The second kappa shape index (κ2) is 7.67. The van der Waals surface area contributed by atoms with Crippen LogP contribution in [0.1, 0.15) is 24.2 Å². The number of imidazole rings is 1. The van der Waals surface area contributed by atoms with E-state index in [1.165, 1.54) is 12.8 Å². The van der Waals surface area contributed by atoms with Crippen LogP contribution in [0.4, 0.5) is 5.69 Å². The number of fused-ring (bicyclic) bond motifs is 2. The average molecular weight is 446 g/mol. The Kier molecular flexibility index (Phi) is 4.74. The summed E-state index contributed by atoms with van der Waals surface area (Å²) >= 11 is 0. The summed E-state index contributed by atoms with van der Waals surface area (Å²) in [6.07, 6.45) is 5.77. The van der Waals surface area contributed by atoms with Crippen LogP contribution in [-0.2, 0) is 0 Å². The molecule has 0 spiro atoms. The van der Waals surface area contributed by atoms with Crippen molar-refractivity contribution in [1.82, 2.24) is 19.3 Å². The molecule has 2 saturated heterocycles. The topological polar surface area (TPSA) is 87.1 Å². The van der Waals surface area contributed by atoms with Gasteiger partial charge in [0.15, 0.2) is 5.65 Å². The molecule has 2 aliphatic heterocycles. The molecular formula is C25H27N5O3. The number of likely N-dealkylation sites (tertiary alicyclic amines) is 1. The van der Waals surface area contributed by atoms with Gasteiger partial charge in [0, 0.05) is 42.6 Å². The quantitative estimate of drug-likeness (QED) is 0.485. The van der Waals surface area contributed by atoms with Crippen molar-refractivity contribution in [3.8, 4) is 11.3 Å². The lowest BCUT2D eigenvalue weighted by Gasteiger charge is -2.25. The molecule has 0 unspecified atom stereocenters. The van der Waals surface area contributed by atoms with E-state index in [0.29, 0.717) is 23.4 Å². The Balaban J connectivity index is 1.33. The summed E-state index contributed by atoms with van der Waals surface area (Å²) in [5.74, 6) is 0. The molecular weight excluding hydrogens is 418 g/mol. The molecule has 8 nitrogen and oxygen atoms in total. The Morgan fingerprint density at radius 3 is 2.70 bits per heavy atom. The zero-order valence-corrected chi connectivity index (χ0v) is 18.9. The number of aryl methyl sites for hydroxylation is 2. The van der Waals surface area contributed by atoms with Crippen molar-refractivity contribution >= 4 is 22.3 Å². The number of aliphatic hydroxyl groups is 1. The zero-order chi connectivity index (χ0) is 22.7. The van der Waals surface area contributed by atoms with Gasteiger partial charge in [0.25, 0.3) is 0 Å². The first-order valence-corrected chi connectivity index (χ1v) is 11.5. The van der Waals surface area contributed by atoms with Gasteiger partial charge in [-0.2, -0.15) is 0 Å². The van der Waals surface area contributed by atoms with Crippen molar-refractivity contribution < 1.29 is 9.52 Å². The molecule has 5 heterocycles. The van der Waals surface area contributed by atoms with Crippen molar-refractivity contribution in [3.05, 3.63) is 58.5 Å². The summed E-state index contributed by atoms with van der Waals surface area (Å²) in [6, 6.07) is 7.91. The molecule has 8 heteroatoms. The van der Waals surface area contributed by atoms with Gasteiger partial charge in [-0.05, 0) is 58.0 Å². The predicted octanol–water partition coefficient (Wildman–Crippen LogP) is 2.76. The second-order valence-electron chi connectivity index (χ2n) is 9.28. The summed E-state index contributed by atoms with van der Waals surface area (Å²) in [4.78, 5) is 26.5. The van der Waals surface area contributed by atoms with Gasteiger partial charge < -0.3 is 18.8 Å². The van der Waals surface area contributed by atoms with E-state index < -0.39 is 5.63 Å². The minimum atomic E-state index is -0.415. The zero-order valence-electron chi connectivity index (χ0n) is 18.9. The van der Waals surface area contributed by atoms with Gasteiger partial charge in [0.2, 0.25) is 0 Å². The highest BCUT2D eigenvalue weighted by molar-refractivity contribution is 5.84. The Labute approximate surface area is 191 Å². The number of anilines is 1. The van der Waals surface area contributed by atoms with E-state index in [-0.39, 0.29) is 12.1 Å². The van der Waals surface area contributed by atoms with Gasteiger partial charge in [0.1, 0.15) is 5.58 Å². The first-order valence-electron chi connectivity index (χ1n) is 11.5. The minimum Gasteiger partial charge on any atom is -0.422 e. The van der Waals surface area contributed by atoms with E-state index in [9.17, 15) is 9.90 Å². The summed E-state index contributed by atoms with van der Waals surface area (Å²) < 4.78 is 7.63. The second-order valence-corrected chi connectivity index (χ2v) is 9.28. The van der Waals surface area contributed by atoms with Gasteiger partial charge in [-0.3, -0.25) is 9.88 Å². The largest absolute Gasteiger partial charge is 0.422 e. The number of rotatable bonds is 3. The van der Waals surface area contributed by atoms with E-state index in [1.54, 1.807) is 0 Å². The van der Waals surface area contributed by atoms with E-state index in [1.807, 2.05) is 54.9 Å². The highest BCUT2D eigenvalue weighted by Crippen LogP contribution is 2.29. The molecule has 170 valence electrons. The molecule has 0 radical (unpaired) electrons. The number of β-amino-alcohol motifs (C(OH)–C–C–N with tert-alkyl or cyclic N) is 1. The molecule has 2 atom stereocenters. The maximum absolute atomic E-state index is 12.9. The molecule has 1 N–H and O–H groups in total. The molecule has 6 rings (SSSR count). The third-order valence-corrected chi connectivity index (χ3v) is 6.96. The van der Waals surface area contributed by atoms with Crippen molar-refractivity contribution in [3.63, 3.8) is 0 Å².